The first-order valence-electron chi connectivity index (χ1n) is 7.74. The summed E-state index contributed by atoms with van der Waals surface area (Å²) in [6, 6.07) is 8.67. The first kappa shape index (κ1) is 15.8. The second-order valence-electron chi connectivity index (χ2n) is 5.82. The van der Waals surface area contributed by atoms with Crippen LogP contribution in [0.15, 0.2) is 29.3 Å². The van der Waals surface area contributed by atoms with Gasteiger partial charge >= 0.3 is 0 Å². The van der Waals surface area contributed by atoms with E-state index in [1.807, 2.05) is 7.05 Å². The van der Waals surface area contributed by atoms with E-state index in [4.69, 9.17) is 4.74 Å². The van der Waals surface area contributed by atoms with Gasteiger partial charge in [-0.1, -0.05) is 29.8 Å². The maximum atomic E-state index is 5.43. The Morgan fingerprint density at radius 2 is 2.33 bits per heavy atom. The Bertz CT molecular complexity index is 467. The number of hydrogen-bond donors (Lipinski definition) is 1. The number of aliphatic imine (C=N–C) groups is 1. The van der Waals surface area contributed by atoms with Gasteiger partial charge in [-0.05, 0) is 25.3 Å². The smallest absolute Gasteiger partial charge is 0.193 e. The standard InChI is InChI=1S/C17H27N3O/c1-14-5-4-6-15(11-14)7-9-19-17(18-2)20(3)12-16-8-10-21-13-16/h4-6,11,16H,7-10,12-13H2,1-3H3,(H,18,19). The molecule has 1 atom stereocenters. The lowest BCUT2D eigenvalue weighted by atomic mass is 10.1. The summed E-state index contributed by atoms with van der Waals surface area (Å²) in [5, 5.41) is 3.45. The van der Waals surface area contributed by atoms with Crippen molar-refractivity contribution in [3.05, 3.63) is 35.4 Å². The zero-order valence-electron chi connectivity index (χ0n) is 13.4. The molecule has 1 N–H and O–H groups in total. The van der Waals surface area contributed by atoms with Gasteiger partial charge in [-0.3, -0.25) is 4.99 Å². The van der Waals surface area contributed by atoms with Gasteiger partial charge in [-0.25, -0.2) is 0 Å². The molecule has 1 unspecified atom stereocenters. The van der Waals surface area contributed by atoms with E-state index in [0.717, 1.165) is 45.1 Å². The van der Waals surface area contributed by atoms with Crippen LogP contribution in [0.4, 0.5) is 0 Å². The number of ether oxygens (including phenoxy) is 1. The van der Waals surface area contributed by atoms with Crippen LogP contribution in [0.3, 0.4) is 0 Å². The van der Waals surface area contributed by atoms with Crippen molar-refractivity contribution in [2.75, 3.05) is 40.4 Å². The van der Waals surface area contributed by atoms with Crippen molar-refractivity contribution in [2.45, 2.75) is 19.8 Å². The van der Waals surface area contributed by atoms with Crippen LogP contribution >= 0.6 is 0 Å². The van der Waals surface area contributed by atoms with E-state index in [2.05, 4.69) is 53.4 Å². The number of guanidine groups is 1. The molecule has 4 nitrogen and oxygen atoms in total. The van der Waals surface area contributed by atoms with Crippen molar-refractivity contribution in [1.82, 2.24) is 10.2 Å². The largest absolute Gasteiger partial charge is 0.381 e. The highest BCUT2D eigenvalue weighted by atomic mass is 16.5. The molecule has 0 aromatic heterocycles. The minimum absolute atomic E-state index is 0.630. The molecule has 1 fully saturated rings. The molecule has 0 bridgehead atoms. The van der Waals surface area contributed by atoms with Crippen LogP contribution in [0.25, 0.3) is 0 Å². The molecular formula is C17H27N3O. The summed E-state index contributed by atoms with van der Waals surface area (Å²) in [4.78, 5) is 6.57. The van der Waals surface area contributed by atoms with Crippen molar-refractivity contribution in [2.24, 2.45) is 10.9 Å². The van der Waals surface area contributed by atoms with Crippen LogP contribution < -0.4 is 5.32 Å². The number of nitrogens with zero attached hydrogens (tertiary/aromatic N) is 2. The van der Waals surface area contributed by atoms with E-state index in [1.165, 1.54) is 11.1 Å². The minimum Gasteiger partial charge on any atom is -0.381 e. The number of aryl methyl sites for hydroxylation is 1. The van der Waals surface area contributed by atoms with Crippen molar-refractivity contribution in [3.8, 4) is 0 Å². The van der Waals surface area contributed by atoms with Gasteiger partial charge in [0.05, 0.1) is 6.61 Å². The Kier molecular flexibility index (Phi) is 6.05. The van der Waals surface area contributed by atoms with Gasteiger partial charge in [0, 0.05) is 39.7 Å². The Hall–Kier alpha value is -1.55. The highest BCUT2D eigenvalue weighted by Crippen LogP contribution is 2.13. The molecule has 0 radical (unpaired) electrons. The highest BCUT2D eigenvalue weighted by molar-refractivity contribution is 5.79. The normalized spacial score (nSPS) is 18.8. The molecule has 1 aliphatic rings. The SMILES string of the molecule is CN=C(NCCc1cccc(C)c1)N(C)CC1CCOC1. The summed E-state index contributed by atoms with van der Waals surface area (Å²) >= 11 is 0. The van der Waals surface area contributed by atoms with Gasteiger partial charge in [0.15, 0.2) is 5.96 Å². The van der Waals surface area contributed by atoms with E-state index in [9.17, 15) is 0 Å². The fourth-order valence-corrected chi connectivity index (χ4v) is 2.77. The van der Waals surface area contributed by atoms with E-state index < -0.39 is 0 Å². The monoisotopic (exact) mass is 289 g/mol. The maximum absolute atomic E-state index is 5.43. The minimum atomic E-state index is 0.630. The van der Waals surface area contributed by atoms with Crippen molar-refractivity contribution < 1.29 is 4.74 Å². The van der Waals surface area contributed by atoms with Crippen LogP contribution in [0.5, 0.6) is 0 Å². The van der Waals surface area contributed by atoms with Gasteiger partial charge in [0.25, 0.3) is 0 Å². The molecule has 4 heteroatoms. The fourth-order valence-electron chi connectivity index (χ4n) is 2.77. The molecule has 2 rings (SSSR count). The van der Waals surface area contributed by atoms with Crippen molar-refractivity contribution >= 4 is 5.96 Å². The lowest BCUT2D eigenvalue weighted by Gasteiger charge is -2.24. The summed E-state index contributed by atoms with van der Waals surface area (Å²) in [5.41, 5.74) is 2.68. The topological polar surface area (TPSA) is 36.9 Å². The lowest BCUT2D eigenvalue weighted by Crippen LogP contribution is -2.42. The van der Waals surface area contributed by atoms with Gasteiger partial charge in [0.1, 0.15) is 0 Å². The second kappa shape index (κ2) is 8.03. The zero-order chi connectivity index (χ0) is 15.1. The third kappa shape index (κ3) is 5.05. The molecule has 0 saturated carbocycles. The molecule has 1 saturated heterocycles. The molecule has 21 heavy (non-hydrogen) atoms. The van der Waals surface area contributed by atoms with E-state index in [-0.39, 0.29) is 0 Å². The molecule has 0 aliphatic carbocycles. The fraction of sp³-hybridized carbons (Fsp3) is 0.588. The number of hydrogen-bond acceptors (Lipinski definition) is 2. The van der Waals surface area contributed by atoms with E-state index >= 15 is 0 Å². The molecular weight excluding hydrogens is 262 g/mol. The lowest BCUT2D eigenvalue weighted by molar-refractivity contribution is 0.181. The van der Waals surface area contributed by atoms with Crippen molar-refractivity contribution in [1.29, 1.82) is 0 Å². The van der Waals surface area contributed by atoms with Crippen LogP contribution in [0.1, 0.15) is 17.5 Å². The Morgan fingerprint density at radius 1 is 1.48 bits per heavy atom. The number of nitrogens with one attached hydrogen (secondary N) is 1. The van der Waals surface area contributed by atoms with E-state index in [0.29, 0.717) is 5.92 Å². The van der Waals surface area contributed by atoms with Crippen LogP contribution in [-0.4, -0.2) is 51.3 Å². The maximum Gasteiger partial charge on any atom is 0.193 e. The summed E-state index contributed by atoms with van der Waals surface area (Å²) in [5.74, 6) is 1.60. The van der Waals surface area contributed by atoms with Crippen LogP contribution in [-0.2, 0) is 11.2 Å². The zero-order valence-corrected chi connectivity index (χ0v) is 13.4. The third-order valence-electron chi connectivity index (χ3n) is 3.91. The molecule has 0 spiro atoms. The van der Waals surface area contributed by atoms with Crippen LogP contribution in [0.2, 0.25) is 0 Å². The van der Waals surface area contributed by atoms with Crippen molar-refractivity contribution in [3.63, 3.8) is 0 Å². The second-order valence-corrected chi connectivity index (χ2v) is 5.82. The van der Waals surface area contributed by atoms with Gasteiger partial charge in [-0.15, -0.1) is 0 Å². The number of benzene rings is 1. The Morgan fingerprint density at radius 3 is 3.00 bits per heavy atom. The molecule has 0 amide bonds. The van der Waals surface area contributed by atoms with E-state index in [1.54, 1.807) is 0 Å². The van der Waals surface area contributed by atoms with Gasteiger partial charge < -0.3 is 15.0 Å². The Labute approximate surface area is 128 Å². The predicted octanol–water partition coefficient (Wildman–Crippen LogP) is 2.08. The molecule has 1 heterocycles. The molecule has 1 aliphatic heterocycles. The highest BCUT2D eigenvalue weighted by Gasteiger charge is 2.18. The quantitative estimate of drug-likeness (QED) is 0.666. The summed E-state index contributed by atoms with van der Waals surface area (Å²) in [6.07, 6.45) is 2.17. The average molecular weight is 289 g/mol. The predicted molar refractivity (Wildman–Crippen MR) is 87.8 cm³/mol. The number of rotatable bonds is 5. The van der Waals surface area contributed by atoms with Crippen LogP contribution in [0, 0.1) is 12.8 Å². The molecule has 116 valence electrons. The molecule has 1 aromatic carbocycles. The first-order chi connectivity index (χ1) is 10.2. The van der Waals surface area contributed by atoms with Gasteiger partial charge in [-0.2, -0.15) is 0 Å². The molecule has 1 aromatic rings. The average Bonchev–Trinajstić information content (AvgIpc) is 2.96. The summed E-state index contributed by atoms with van der Waals surface area (Å²) in [7, 11) is 3.94. The van der Waals surface area contributed by atoms with Gasteiger partial charge in [0.2, 0.25) is 0 Å². The summed E-state index contributed by atoms with van der Waals surface area (Å²) in [6.45, 7) is 5.82. The first-order valence-corrected chi connectivity index (χ1v) is 7.74. The Balaban J connectivity index is 1.76. The summed E-state index contributed by atoms with van der Waals surface area (Å²) < 4.78 is 5.43. The third-order valence-corrected chi connectivity index (χ3v) is 3.91.